The molecular weight excluding hydrogens is 304 g/mol. The zero-order chi connectivity index (χ0) is 17.6. The molecule has 0 amide bonds. The van der Waals surface area contributed by atoms with Crippen molar-refractivity contribution in [3.63, 3.8) is 0 Å². The van der Waals surface area contributed by atoms with Crippen LogP contribution in [0.4, 0.5) is 0 Å². The average Bonchev–Trinajstić information content (AvgIpc) is 2.73. The van der Waals surface area contributed by atoms with Crippen molar-refractivity contribution in [3.8, 4) is 11.3 Å². The van der Waals surface area contributed by atoms with Gasteiger partial charge in [-0.2, -0.15) is 4.57 Å². The van der Waals surface area contributed by atoms with E-state index >= 15 is 0 Å². The van der Waals surface area contributed by atoms with Crippen molar-refractivity contribution in [3.05, 3.63) is 59.8 Å². The van der Waals surface area contributed by atoms with Gasteiger partial charge >= 0.3 is 0 Å². The quantitative estimate of drug-likeness (QED) is 0.572. The number of fused-ring (bicyclic) bond motifs is 2. The Balaban J connectivity index is 1.94. The first-order valence-electron chi connectivity index (χ1n) is 9.53. The smallest absolute Gasteiger partial charge is 0.213 e. The number of benzene rings is 1. The van der Waals surface area contributed by atoms with Crippen molar-refractivity contribution in [2.24, 2.45) is 0 Å². The monoisotopic (exact) mass is 331 g/mol. The topological polar surface area (TPSA) is 27.7 Å². The first-order valence-corrected chi connectivity index (χ1v) is 9.53. The number of hydrogen-bond donors (Lipinski definition) is 1. The van der Waals surface area contributed by atoms with Gasteiger partial charge in [0.2, 0.25) is 5.69 Å². The highest BCUT2D eigenvalue weighted by Crippen LogP contribution is 2.50. The highest BCUT2D eigenvalue weighted by molar-refractivity contribution is 5.81. The lowest BCUT2D eigenvalue weighted by atomic mass is 9.69. The van der Waals surface area contributed by atoms with Crippen LogP contribution in [0.2, 0.25) is 0 Å². The van der Waals surface area contributed by atoms with Crippen LogP contribution in [0, 0.1) is 5.41 Å². The average molecular weight is 331 g/mol. The van der Waals surface area contributed by atoms with Crippen LogP contribution in [0.15, 0.2) is 43.0 Å². The summed E-state index contributed by atoms with van der Waals surface area (Å²) < 4.78 is 2.50. The Labute approximate surface area is 150 Å². The zero-order valence-corrected chi connectivity index (χ0v) is 15.3. The van der Waals surface area contributed by atoms with E-state index in [1.807, 2.05) is 0 Å². The maximum absolute atomic E-state index is 7.99. The fourth-order valence-corrected chi connectivity index (χ4v) is 4.87. The second-order valence-corrected chi connectivity index (χ2v) is 7.54. The lowest BCUT2D eigenvalue weighted by molar-refractivity contribution is -0.804. The molecule has 1 N–H and O–H groups in total. The molecule has 1 aromatic heterocycles. The number of hydrogen-bond acceptors (Lipinski definition) is 1. The Morgan fingerprint density at radius 1 is 1.24 bits per heavy atom. The van der Waals surface area contributed by atoms with Crippen LogP contribution in [0.3, 0.4) is 0 Å². The van der Waals surface area contributed by atoms with E-state index in [-0.39, 0.29) is 11.5 Å². The van der Waals surface area contributed by atoms with Crippen LogP contribution in [0.25, 0.3) is 16.8 Å². The summed E-state index contributed by atoms with van der Waals surface area (Å²) in [7, 11) is 0. The molecule has 2 aromatic rings. The lowest BCUT2D eigenvalue weighted by Gasteiger charge is -2.41. The molecule has 0 saturated heterocycles. The fraction of sp³-hybridized carbons (Fsp3) is 0.391. The van der Waals surface area contributed by atoms with Gasteiger partial charge in [0, 0.05) is 31.2 Å². The Morgan fingerprint density at radius 2 is 2.08 bits per heavy atom. The molecule has 0 radical (unpaired) electrons. The SMILES string of the molecule is C=C1CC2(CC)C(C=N)c3cccc([n+]32)-c2cc(CCCC)ccc21. The Morgan fingerprint density at radius 3 is 2.80 bits per heavy atom. The van der Waals surface area contributed by atoms with Gasteiger partial charge in [-0.15, -0.1) is 0 Å². The van der Waals surface area contributed by atoms with Crippen molar-refractivity contribution in [2.45, 2.75) is 57.4 Å². The van der Waals surface area contributed by atoms with Gasteiger partial charge < -0.3 is 5.41 Å². The minimum absolute atomic E-state index is 0.0205. The third-order valence-corrected chi connectivity index (χ3v) is 6.22. The van der Waals surface area contributed by atoms with Gasteiger partial charge in [0.05, 0.1) is 5.56 Å². The molecule has 25 heavy (non-hydrogen) atoms. The first-order chi connectivity index (χ1) is 12.2. The molecule has 2 aliphatic heterocycles. The number of nitrogens with one attached hydrogen (secondary N) is 1. The van der Waals surface area contributed by atoms with Crippen molar-refractivity contribution in [2.75, 3.05) is 0 Å². The highest BCUT2D eigenvalue weighted by Gasteiger charge is 2.61. The lowest BCUT2D eigenvalue weighted by Crippen LogP contribution is -2.72. The van der Waals surface area contributed by atoms with E-state index in [0.29, 0.717) is 0 Å². The van der Waals surface area contributed by atoms with Crippen molar-refractivity contribution < 1.29 is 4.57 Å². The van der Waals surface area contributed by atoms with E-state index in [4.69, 9.17) is 5.41 Å². The summed E-state index contributed by atoms with van der Waals surface area (Å²) in [5, 5.41) is 7.99. The minimum atomic E-state index is -0.0205. The molecule has 2 nitrogen and oxygen atoms in total. The summed E-state index contributed by atoms with van der Waals surface area (Å²) in [5.74, 6) is 0.197. The number of pyridine rings is 1. The van der Waals surface area contributed by atoms with Gasteiger partial charge in [-0.3, -0.25) is 0 Å². The van der Waals surface area contributed by atoms with Crippen LogP contribution < -0.4 is 4.57 Å². The third kappa shape index (κ3) is 2.16. The number of aryl methyl sites for hydroxylation is 1. The fourth-order valence-electron chi connectivity index (χ4n) is 4.87. The summed E-state index contributed by atoms with van der Waals surface area (Å²) in [5.41, 5.74) is 7.77. The molecule has 2 atom stereocenters. The van der Waals surface area contributed by atoms with E-state index in [2.05, 4.69) is 61.4 Å². The summed E-state index contributed by atoms with van der Waals surface area (Å²) in [6.07, 6.45) is 7.18. The number of allylic oxidation sites excluding steroid dienone is 1. The van der Waals surface area contributed by atoms with E-state index in [1.54, 1.807) is 6.21 Å². The van der Waals surface area contributed by atoms with Crippen LogP contribution in [-0.2, 0) is 12.0 Å². The van der Waals surface area contributed by atoms with Crippen LogP contribution >= 0.6 is 0 Å². The molecule has 1 aromatic carbocycles. The van der Waals surface area contributed by atoms with Gasteiger partial charge in [-0.1, -0.05) is 39.0 Å². The standard InChI is InChI=1S/C23H27N2/c1-4-6-8-17-11-12-18-16(3)14-23(5-2)20(15-24)22-10-7-9-21(25(22)23)19(18)13-17/h7,9-13,15,20,24H,3-6,8,14H2,1-2H3/q+1. The molecular formula is C23H27N2+. The summed E-state index contributed by atoms with van der Waals surface area (Å²) in [4.78, 5) is 0. The van der Waals surface area contributed by atoms with Crippen LogP contribution in [0.1, 0.15) is 62.3 Å². The highest BCUT2D eigenvalue weighted by atomic mass is 15.2. The predicted octanol–water partition coefficient (Wildman–Crippen LogP) is 5.25. The van der Waals surface area contributed by atoms with E-state index in [1.165, 1.54) is 46.5 Å². The molecule has 128 valence electrons. The summed E-state index contributed by atoms with van der Waals surface area (Å²) in [6, 6.07) is 13.5. The molecule has 4 rings (SSSR count). The Hall–Kier alpha value is -2.22. The number of rotatable bonds is 5. The maximum Gasteiger partial charge on any atom is 0.213 e. The van der Waals surface area contributed by atoms with Crippen molar-refractivity contribution in [1.29, 1.82) is 5.41 Å². The number of nitrogens with zero attached hydrogens (tertiary/aromatic N) is 1. The molecule has 0 saturated carbocycles. The first kappa shape index (κ1) is 16.3. The molecule has 0 fully saturated rings. The molecule has 0 aliphatic carbocycles. The zero-order valence-electron chi connectivity index (χ0n) is 15.3. The van der Waals surface area contributed by atoms with E-state index in [0.717, 1.165) is 19.3 Å². The molecule has 2 heteroatoms. The van der Waals surface area contributed by atoms with Gasteiger partial charge in [0.15, 0.2) is 11.2 Å². The van der Waals surface area contributed by atoms with Gasteiger partial charge in [0.25, 0.3) is 0 Å². The van der Waals surface area contributed by atoms with Gasteiger partial charge in [0.1, 0.15) is 5.92 Å². The largest absolute Gasteiger partial charge is 0.312 e. The van der Waals surface area contributed by atoms with Gasteiger partial charge in [-0.05, 0) is 41.7 Å². The van der Waals surface area contributed by atoms with E-state index < -0.39 is 0 Å². The second kappa shape index (κ2) is 5.94. The minimum Gasteiger partial charge on any atom is -0.312 e. The number of aromatic nitrogens is 1. The van der Waals surface area contributed by atoms with Gasteiger partial charge in [-0.25, -0.2) is 0 Å². The van der Waals surface area contributed by atoms with Crippen molar-refractivity contribution >= 4 is 11.8 Å². The molecule has 0 spiro atoms. The maximum atomic E-state index is 7.99. The summed E-state index contributed by atoms with van der Waals surface area (Å²) >= 11 is 0. The van der Waals surface area contributed by atoms with Crippen LogP contribution in [0.5, 0.6) is 0 Å². The summed E-state index contributed by atoms with van der Waals surface area (Å²) in [6.45, 7) is 8.94. The normalized spacial score (nSPS) is 23.3. The Kier molecular flexibility index (Phi) is 3.87. The molecule has 2 aliphatic rings. The second-order valence-electron chi connectivity index (χ2n) is 7.54. The Bertz CT molecular complexity index is 864. The molecule has 3 heterocycles. The van der Waals surface area contributed by atoms with Crippen LogP contribution in [-0.4, -0.2) is 6.21 Å². The molecule has 0 bridgehead atoms. The number of unbranched alkanes of at least 4 members (excludes halogenated alkanes) is 1. The van der Waals surface area contributed by atoms with E-state index in [9.17, 15) is 0 Å². The van der Waals surface area contributed by atoms with Crippen molar-refractivity contribution in [1.82, 2.24) is 0 Å². The predicted molar refractivity (Wildman–Crippen MR) is 104 cm³/mol. The third-order valence-electron chi connectivity index (χ3n) is 6.22. The molecule has 2 unspecified atom stereocenters.